The van der Waals surface area contributed by atoms with Gasteiger partial charge in [0.05, 0.1) is 19.1 Å². The number of amides is 4. The molecule has 1 aromatic heterocycles. The lowest BCUT2D eigenvalue weighted by molar-refractivity contribution is -0.125. The second-order valence-corrected chi connectivity index (χ2v) is 7.48. The molecule has 1 atom stereocenters. The van der Waals surface area contributed by atoms with Gasteiger partial charge in [-0.05, 0) is 37.2 Å². The second-order valence-electron chi connectivity index (χ2n) is 6.50. The van der Waals surface area contributed by atoms with Gasteiger partial charge < -0.3 is 15.5 Å². The van der Waals surface area contributed by atoms with E-state index in [0.717, 1.165) is 4.90 Å². The van der Waals surface area contributed by atoms with Gasteiger partial charge in [0, 0.05) is 17.0 Å². The Bertz CT molecular complexity index is 819. The molecule has 0 unspecified atom stereocenters. The van der Waals surface area contributed by atoms with Gasteiger partial charge in [-0.2, -0.15) is 0 Å². The van der Waals surface area contributed by atoms with E-state index >= 15 is 0 Å². The van der Waals surface area contributed by atoms with Crippen LogP contribution in [-0.2, 0) is 11.3 Å². The van der Waals surface area contributed by atoms with Crippen LogP contribution < -0.4 is 10.6 Å². The Balaban J connectivity index is 1.71. The highest BCUT2D eigenvalue weighted by molar-refractivity contribution is 7.10. The molecule has 0 spiro atoms. The molecule has 142 valence electrons. The maximum Gasteiger partial charge on any atom is 0.324 e. The van der Waals surface area contributed by atoms with E-state index in [1.165, 1.54) is 4.88 Å². The molecule has 7 nitrogen and oxygen atoms in total. The van der Waals surface area contributed by atoms with E-state index in [1.807, 2.05) is 31.6 Å². The third-order valence-corrected chi connectivity index (χ3v) is 5.45. The number of likely N-dealkylation sites (N-methyl/N-ethyl adjacent to an activating group) is 1. The van der Waals surface area contributed by atoms with Crippen LogP contribution in [0.2, 0.25) is 0 Å². The number of carbonyl (C=O) groups is 3. The number of rotatable bonds is 7. The van der Waals surface area contributed by atoms with E-state index in [2.05, 4.69) is 15.5 Å². The predicted octanol–water partition coefficient (Wildman–Crippen LogP) is 1.83. The average molecular weight is 386 g/mol. The summed E-state index contributed by atoms with van der Waals surface area (Å²) in [6, 6.07) is 10.7. The fraction of sp³-hybridized carbons (Fsp3) is 0.316. The van der Waals surface area contributed by atoms with Crippen LogP contribution in [0.5, 0.6) is 0 Å². The van der Waals surface area contributed by atoms with Crippen molar-refractivity contribution in [2.75, 3.05) is 27.2 Å². The first-order chi connectivity index (χ1) is 13.0. The number of thiophene rings is 1. The van der Waals surface area contributed by atoms with E-state index in [4.69, 9.17) is 0 Å². The van der Waals surface area contributed by atoms with Crippen molar-refractivity contribution in [2.24, 2.45) is 0 Å². The molecule has 1 aromatic carbocycles. The molecule has 2 N–H and O–H groups in total. The molecule has 1 saturated heterocycles. The van der Waals surface area contributed by atoms with Gasteiger partial charge >= 0.3 is 6.03 Å². The fourth-order valence-electron chi connectivity index (χ4n) is 2.97. The third-order valence-electron chi connectivity index (χ3n) is 4.48. The number of carbonyl (C=O) groups excluding carboxylic acids is 3. The Morgan fingerprint density at radius 1 is 1.26 bits per heavy atom. The molecule has 2 heterocycles. The minimum absolute atomic E-state index is 0.00146. The smallest absolute Gasteiger partial charge is 0.324 e. The van der Waals surface area contributed by atoms with Gasteiger partial charge in [-0.15, -0.1) is 11.3 Å². The van der Waals surface area contributed by atoms with Gasteiger partial charge in [0.1, 0.15) is 0 Å². The molecule has 8 heteroatoms. The normalized spacial score (nSPS) is 15.1. The molecule has 3 rings (SSSR count). The number of imide groups is 1. The first-order valence-corrected chi connectivity index (χ1v) is 9.49. The lowest BCUT2D eigenvalue weighted by Crippen LogP contribution is -2.35. The van der Waals surface area contributed by atoms with Crippen LogP contribution >= 0.6 is 11.3 Å². The average Bonchev–Trinajstić information content (AvgIpc) is 3.28. The van der Waals surface area contributed by atoms with Crippen LogP contribution in [-0.4, -0.2) is 54.8 Å². The molecule has 1 aliphatic rings. The minimum Gasteiger partial charge on any atom is -0.350 e. The van der Waals surface area contributed by atoms with Gasteiger partial charge in [0.25, 0.3) is 5.91 Å². The number of hydrogen-bond acceptors (Lipinski definition) is 5. The van der Waals surface area contributed by atoms with Gasteiger partial charge in [-0.3, -0.25) is 14.5 Å². The first-order valence-electron chi connectivity index (χ1n) is 8.61. The van der Waals surface area contributed by atoms with Crippen LogP contribution in [0, 0.1) is 0 Å². The van der Waals surface area contributed by atoms with Crippen LogP contribution in [0.4, 0.5) is 4.79 Å². The number of urea groups is 1. The van der Waals surface area contributed by atoms with Crippen molar-refractivity contribution in [3.63, 3.8) is 0 Å². The van der Waals surface area contributed by atoms with Gasteiger partial charge in [0.2, 0.25) is 5.91 Å². The van der Waals surface area contributed by atoms with Crippen molar-refractivity contribution in [1.82, 2.24) is 20.4 Å². The molecule has 0 aliphatic carbocycles. The van der Waals surface area contributed by atoms with E-state index in [-0.39, 0.29) is 30.9 Å². The summed E-state index contributed by atoms with van der Waals surface area (Å²) in [7, 11) is 3.95. The summed E-state index contributed by atoms with van der Waals surface area (Å²) < 4.78 is 0. The van der Waals surface area contributed by atoms with Crippen LogP contribution in [0.3, 0.4) is 0 Å². The van der Waals surface area contributed by atoms with Crippen molar-refractivity contribution < 1.29 is 14.4 Å². The molecule has 0 bridgehead atoms. The van der Waals surface area contributed by atoms with Gasteiger partial charge in [-0.1, -0.05) is 24.3 Å². The number of benzene rings is 1. The number of nitrogens with zero attached hydrogens (tertiary/aromatic N) is 2. The zero-order valence-electron chi connectivity index (χ0n) is 15.3. The Hall–Kier alpha value is -2.71. The summed E-state index contributed by atoms with van der Waals surface area (Å²) in [5.74, 6) is -0.512. The monoisotopic (exact) mass is 386 g/mol. The number of hydrogen-bond donors (Lipinski definition) is 2. The maximum absolute atomic E-state index is 12.8. The highest BCUT2D eigenvalue weighted by atomic mass is 32.1. The summed E-state index contributed by atoms with van der Waals surface area (Å²) in [4.78, 5) is 40.7. The van der Waals surface area contributed by atoms with E-state index in [1.54, 1.807) is 35.6 Å². The molecular weight excluding hydrogens is 364 g/mol. The van der Waals surface area contributed by atoms with Gasteiger partial charge in [-0.25, -0.2) is 4.79 Å². The zero-order chi connectivity index (χ0) is 19.4. The summed E-state index contributed by atoms with van der Waals surface area (Å²) in [5.41, 5.74) is 1.10. The molecule has 27 heavy (non-hydrogen) atoms. The lowest BCUT2D eigenvalue weighted by atomic mass is 10.1. The summed E-state index contributed by atoms with van der Waals surface area (Å²) in [6.07, 6.45) is 0. The molecule has 1 fully saturated rings. The van der Waals surface area contributed by atoms with Gasteiger partial charge in [0.15, 0.2) is 0 Å². The highest BCUT2D eigenvalue weighted by Crippen LogP contribution is 2.22. The molecule has 2 aromatic rings. The quantitative estimate of drug-likeness (QED) is 0.712. The van der Waals surface area contributed by atoms with Crippen LogP contribution in [0.15, 0.2) is 41.8 Å². The maximum atomic E-state index is 12.8. The Morgan fingerprint density at radius 2 is 2.04 bits per heavy atom. The second kappa shape index (κ2) is 8.32. The SMILES string of the molecule is CN(C)[C@@H](CNC(=O)c1ccccc1CN1C(=O)CNC1=O)c1cccs1. The van der Waals surface area contributed by atoms with Crippen molar-refractivity contribution in [3.05, 3.63) is 57.8 Å². The molecule has 4 amide bonds. The molecule has 0 radical (unpaired) electrons. The van der Waals surface area contributed by atoms with Crippen molar-refractivity contribution >= 4 is 29.2 Å². The summed E-state index contributed by atoms with van der Waals surface area (Å²) in [5, 5.41) is 7.48. The molecule has 1 aliphatic heterocycles. The zero-order valence-corrected chi connectivity index (χ0v) is 16.1. The Labute approximate surface area is 162 Å². The Kier molecular flexibility index (Phi) is 5.88. The van der Waals surface area contributed by atoms with Crippen molar-refractivity contribution in [3.8, 4) is 0 Å². The largest absolute Gasteiger partial charge is 0.350 e. The van der Waals surface area contributed by atoms with E-state index < -0.39 is 6.03 Å². The predicted molar refractivity (Wildman–Crippen MR) is 103 cm³/mol. The standard InChI is InChI=1S/C19H22N4O3S/c1-22(2)15(16-8-5-9-27-16)10-20-18(25)14-7-4-3-6-13(14)12-23-17(24)11-21-19(23)26/h3-9,15H,10-12H2,1-2H3,(H,20,25)(H,21,26)/t15-/m0/s1. The third kappa shape index (κ3) is 4.35. The Morgan fingerprint density at radius 3 is 2.67 bits per heavy atom. The fourth-order valence-corrected chi connectivity index (χ4v) is 3.89. The summed E-state index contributed by atoms with van der Waals surface area (Å²) in [6.45, 7) is 0.540. The molecule has 0 saturated carbocycles. The van der Waals surface area contributed by atoms with Crippen LogP contribution in [0.1, 0.15) is 26.8 Å². The molecular formula is C19H22N4O3S. The summed E-state index contributed by atoms with van der Waals surface area (Å²) >= 11 is 1.65. The topological polar surface area (TPSA) is 81.8 Å². The van der Waals surface area contributed by atoms with Crippen LogP contribution in [0.25, 0.3) is 0 Å². The first kappa shape index (κ1) is 19.1. The van der Waals surface area contributed by atoms with E-state index in [0.29, 0.717) is 17.7 Å². The lowest BCUT2D eigenvalue weighted by Gasteiger charge is -2.24. The van der Waals surface area contributed by atoms with Crippen molar-refractivity contribution in [2.45, 2.75) is 12.6 Å². The highest BCUT2D eigenvalue weighted by Gasteiger charge is 2.29. The number of nitrogens with one attached hydrogen (secondary N) is 2. The van der Waals surface area contributed by atoms with Crippen molar-refractivity contribution in [1.29, 1.82) is 0 Å². The minimum atomic E-state index is -0.430. The van der Waals surface area contributed by atoms with E-state index in [9.17, 15) is 14.4 Å².